The second-order valence-corrected chi connectivity index (χ2v) is 7.93. The van der Waals surface area contributed by atoms with E-state index in [2.05, 4.69) is 20.1 Å². The molecule has 134 valence electrons. The summed E-state index contributed by atoms with van der Waals surface area (Å²) in [6, 6.07) is 0. The van der Waals surface area contributed by atoms with Gasteiger partial charge in [0.25, 0.3) is 0 Å². The van der Waals surface area contributed by atoms with E-state index in [0.717, 1.165) is 49.1 Å². The topological polar surface area (TPSA) is 61.4 Å². The third-order valence-corrected chi connectivity index (χ3v) is 6.26. The molecule has 0 unspecified atom stereocenters. The Labute approximate surface area is 152 Å². The summed E-state index contributed by atoms with van der Waals surface area (Å²) in [5.74, 6) is 2.08. The zero-order valence-corrected chi connectivity index (χ0v) is 15.8. The molecule has 2 aliphatic rings. The lowest BCUT2D eigenvalue weighted by atomic mass is 10.1. The number of fused-ring (bicyclic) bond motifs is 3. The van der Waals surface area contributed by atoms with E-state index in [1.807, 2.05) is 25.2 Å². The van der Waals surface area contributed by atoms with Crippen molar-refractivity contribution in [2.45, 2.75) is 33.1 Å². The maximum atomic E-state index is 11.8. The van der Waals surface area contributed by atoms with E-state index >= 15 is 0 Å². The fraction of sp³-hybridized carbons (Fsp3) is 0.611. The summed E-state index contributed by atoms with van der Waals surface area (Å²) in [5, 5.41) is 4.17. The Balaban J connectivity index is 1.54. The van der Waals surface area contributed by atoms with E-state index < -0.39 is 0 Å². The van der Waals surface area contributed by atoms with Gasteiger partial charge in [-0.05, 0) is 38.7 Å². The number of aryl methyl sites for hydroxylation is 3. The van der Waals surface area contributed by atoms with Crippen molar-refractivity contribution >= 4 is 33.3 Å². The Hall–Kier alpha value is -1.73. The van der Waals surface area contributed by atoms with Crippen LogP contribution in [-0.2, 0) is 17.6 Å². The van der Waals surface area contributed by atoms with Gasteiger partial charge in [0.15, 0.2) is 0 Å². The summed E-state index contributed by atoms with van der Waals surface area (Å²) >= 11 is 1.85. The van der Waals surface area contributed by atoms with Crippen molar-refractivity contribution in [2.75, 3.05) is 44.2 Å². The first kappa shape index (κ1) is 16.7. The van der Waals surface area contributed by atoms with Crippen molar-refractivity contribution in [2.24, 2.45) is 0 Å². The standard InChI is InChI=1S/C18H25N5OS/c1-3-19-15(24)11-22-7-9-23(10-8-22)17-16-13-5-4-6-14(13)25-18(16)21-12(2)20-17/h3-11H2,1-2H3,(H,19,24). The van der Waals surface area contributed by atoms with Gasteiger partial charge in [0.1, 0.15) is 16.5 Å². The van der Waals surface area contributed by atoms with Crippen LogP contribution < -0.4 is 10.2 Å². The molecule has 0 spiro atoms. The van der Waals surface area contributed by atoms with Gasteiger partial charge in [0.05, 0.1) is 11.9 Å². The Morgan fingerprint density at radius 1 is 1.20 bits per heavy atom. The van der Waals surface area contributed by atoms with Crippen molar-refractivity contribution in [3.63, 3.8) is 0 Å². The van der Waals surface area contributed by atoms with E-state index in [-0.39, 0.29) is 5.91 Å². The molecule has 1 fully saturated rings. The summed E-state index contributed by atoms with van der Waals surface area (Å²) < 4.78 is 0. The minimum atomic E-state index is 0.117. The lowest BCUT2D eigenvalue weighted by Crippen LogP contribution is -2.49. The van der Waals surface area contributed by atoms with Gasteiger partial charge in [0, 0.05) is 37.6 Å². The number of anilines is 1. The first-order chi connectivity index (χ1) is 12.2. The number of piperazine rings is 1. The zero-order chi connectivity index (χ0) is 17.4. The van der Waals surface area contributed by atoms with Crippen LogP contribution in [0.15, 0.2) is 0 Å². The molecule has 0 aromatic carbocycles. The highest BCUT2D eigenvalue weighted by atomic mass is 32.1. The number of hydrogen-bond donors (Lipinski definition) is 1. The number of nitrogens with one attached hydrogen (secondary N) is 1. The van der Waals surface area contributed by atoms with Crippen LogP contribution in [0, 0.1) is 6.92 Å². The smallest absolute Gasteiger partial charge is 0.234 e. The number of thiophene rings is 1. The van der Waals surface area contributed by atoms with Gasteiger partial charge >= 0.3 is 0 Å². The Bertz CT molecular complexity index is 794. The number of carbonyl (C=O) groups excluding carboxylic acids is 1. The summed E-state index contributed by atoms with van der Waals surface area (Å²) in [5.41, 5.74) is 1.49. The van der Waals surface area contributed by atoms with Crippen LogP contribution >= 0.6 is 11.3 Å². The van der Waals surface area contributed by atoms with Crippen molar-refractivity contribution in [1.29, 1.82) is 0 Å². The number of carbonyl (C=O) groups is 1. The van der Waals surface area contributed by atoms with E-state index in [9.17, 15) is 4.79 Å². The van der Waals surface area contributed by atoms with Gasteiger partial charge in [-0.15, -0.1) is 11.3 Å². The predicted octanol–water partition coefficient (Wildman–Crippen LogP) is 1.75. The van der Waals surface area contributed by atoms with E-state index in [1.54, 1.807) is 0 Å². The molecule has 0 saturated carbocycles. The highest BCUT2D eigenvalue weighted by Crippen LogP contribution is 2.40. The van der Waals surface area contributed by atoms with Crippen LogP contribution in [0.2, 0.25) is 0 Å². The minimum absolute atomic E-state index is 0.117. The van der Waals surface area contributed by atoms with Gasteiger partial charge in [0.2, 0.25) is 5.91 Å². The monoisotopic (exact) mass is 359 g/mol. The molecule has 2 aromatic rings. The molecule has 4 rings (SSSR count). The van der Waals surface area contributed by atoms with Crippen LogP contribution in [0.4, 0.5) is 5.82 Å². The van der Waals surface area contributed by atoms with E-state index in [1.165, 1.54) is 28.7 Å². The molecule has 7 heteroatoms. The number of aromatic nitrogens is 2. The first-order valence-corrected chi connectivity index (χ1v) is 10.00. The van der Waals surface area contributed by atoms with Crippen molar-refractivity contribution in [1.82, 2.24) is 20.2 Å². The SMILES string of the molecule is CCNC(=O)CN1CCN(c2nc(C)nc3sc4c(c23)CCC4)CC1. The van der Waals surface area contributed by atoms with Gasteiger partial charge < -0.3 is 10.2 Å². The van der Waals surface area contributed by atoms with E-state index in [4.69, 9.17) is 4.98 Å². The zero-order valence-electron chi connectivity index (χ0n) is 15.0. The maximum absolute atomic E-state index is 11.8. The van der Waals surface area contributed by atoms with Crippen LogP contribution in [0.3, 0.4) is 0 Å². The Morgan fingerprint density at radius 3 is 2.76 bits per heavy atom. The van der Waals surface area contributed by atoms with Crippen LogP contribution in [0.1, 0.15) is 29.6 Å². The molecule has 25 heavy (non-hydrogen) atoms. The number of hydrogen-bond acceptors (Lipinski definition) is 6. The average Bonchev–Trinajstić information content (AvgIpc) is 3.15. The fourth-order valence-corrected chi connectivity index (χ4v) is 5.18. The lowest BCUT2D eigenvalue weighted by Gasteiger charge is -2.35. The summed E-state index contributed by atoms with van der Waals surface area (Å²) in [4.78, 5) is 28.6. The van der Waals surface area contributed by atoms with Crippen molar-refractivity contribution in [3.8, 4) is 0 Å². The summed E-state index contributed by atoms with van der Waals surface area (Å²) in [6.07, 6.45) is 3.60. The predicted molar refractivity (Wildman–Crippen MR) is 102 cm³/mol. The molecule has 2 aromatic heterocycles. The Morgan fingerprint density at radius 2 is 2.00 bits per heavy atom. The largest absolute Gasteiger partial charge is 0.355 e. The van der Waals surface area contributed by atoms with E-state index in [0.29, 0.717) is 13.1 Å². The van der Waals surface area contributed by atoms with Crippen LogP contribution in [0.5, 0.6) is 0 Å². The third-order valence-electron chi connectivity index (χ3n) is 5.07. The number of likely N-dealkylation sites (N-methyl/N-ethyl adjacent to an activating group) is 1. The first-order valence-electron chi connectivity index (χ1n) is 9.18. The molecule has 6 nitrogen and oxygen atoms in total. The highest BCUT2D eigenvalue weighted by Gasteiger charge is 2.26. The van der Waals surface area contributed by atoms with Gasteiger partial charge in [-0.3, -0.25) is 9.69 Å². The number of nitrogens with zero attached hydrogens (tertiary/aromatic N) is 4. The molecular weight excluding hydrogens is 334 g/mol. The highest BCUT2D eigenvalue weighted by molar-refractivity contribution is 7.19. The normalized spacial score (nSPS) is 17.9. The second-order valence-electron chi connectivity index (χ2n) is 6.85. The molecule has 1 amide bonds. The molecule has 0 radical (unpaired) electrons. The second kappa shape index (κ2) is 6.88. The fourth-order valence-electron chi connectivity index (χ4n) is 3.88. The quantitative estimate of drug-likeness (QED) is 0.901. The number of rotatable bonds is 4. The van der Waals surface area contributed by atoms with Crippen molar-refractivity contribution < 1.29 is 4.79 Å². The third kappa shape index (κ3) is 3.22. The minimum Gasteiger partial charge on any atom is -0.355 e. The molecule has 1 aliphatic carbocycles. The molecule has 0 atom stereocenters. The molecule has 1 N–H and O–H groups in total. The number of amides is 1. The summed E-state index contributed by atoms with van der Waals surface area (Å²) in [7, 11) is 0. The van der Waals surface area contributed by atoms with Gasteiger partial charge in [-0.2, -0.15) is 0 Å². The maximum Gasteiger partial charge on any atom is 0.234 e. The molecule has 1 saturated heterocycles. The molecule has 1 aliphatic heterocycles. The lowest BCUT2D eigenvalue weighted by molar-refractivity contribution is -0.122. The summed E-state index contributed by atoms with van der Waals surface area (Å²) in [6.45, 7) is 8.75. The average molecular weight is 359 g/mol. The van der Waals surface area contributed by atoms with Crippen LogP contribution in [-0.4, -0.2) is 60.0 Å². The van der Waals surface area contributed by atoms with Gasteiger partial charge in [-0.25, -0.2) is 9.97 Å². The molecule has 3 heterocycles. The van der Waals surface area contributed by atoms with Crippen molar-refractivity contribution in [3.05, 3.63) is 16.3 Å². The molecular formula is C18H25N5OS. The molecule has 0 bridgehead atoms. The van der Waals surface area contributed by atoms with Gasteiger partial charge in [-0.1, -0.05) is 0 Å². The Kier molecular flexibility index (Phi) is 4.60. The van der Waals surface area contributed by atoms with Crippen LogP contribution in [0.25, 0.3) is 10.2 Å².